The molecule has 0 aliphatic heterocycles. The molecule has 0 aromatic heterocycles. The van der Waals surface area contributed by atoms with Crippen molar-refractivity contribution in [3.05, 3.63) is 28.2 Å². The molecule has 0 heterocycles. The molecule has 1 aromatic rings. The van der Waals surface area contributed by atoms with Crippen molar-refractivity contribution in [2.75, 3.05) is 6.61 Å². The van der Waals surface area contributed by atoms with Crippen LogP contribution in [0.3, 0.4) is 0 Å². The van der Waals surface area contributed by atoms with Crippen molar-refractivity contribution in [2.24, 2.45) is 5.92 Å². The number of benzene rings is 1. The minimum atomic E-state index is 0.00921. The van der Waals surface area contributed by atoms with Gasteiger partial charge in [0.15, 0.2) is 0 Å². The molecule has 1 N–H and O–H groups in total. The van der Waals surface area contributed by atoms with Crippen LogP contribution in [0.15, 0.2) is 22.7 Å². The summed E-state index contributed by atoms with van der Waals surface area (Å²) in [6, 6.07) is 5.69. The first-order chi connectivity index (χ1) is 7.19. The highest BCUT2D eigenvalue weighted by atomic mass is 79.9. The van der Waals surface area contributed by atoms with Gasteiger partial charge in [-0.2, -0.15) is 0 Å². The van der Waals surface area contributed by atoms with E-state index >= 15 is 0 Å². The third-order valence-electron chi connectivity index (χ3n) is 2.43. The van der Waals surface area contributed by atoms with Crippen molar-refractivity contribution < 1.29 is 9.84 Å². The fourth-order valence-corrected chi connectivity index (χ4v) is 1.70. The van der Waals surface area contributed by atoms with E-state index in [1.807, 2.05) is 18.2 Å². The van der Waals surface area contributed by atoms with Crippen LogP contribution in [0.1, 0.15) is 25.8 Å². The van der Waals surface area contributed by atoms with Crippen LogP contribution < -0.4 is 4.74 Å². The molecule has 0 spiro atoms. The molecule has 3 heteroatoms. The van der Waals surface area contributed by atoms with Gasteiger partial charge in [-0.15, -0.1) is 0 Å². The molecule has 1 atom stereocenters. The molecule has 0 aliphatic rings. The molecule has 84 valence electrons. The van der Waals surface area contributed by atoms with Crippen LogP contribution in [0.4, 0.5) is 0 Å². The van der Waals surface area contributed by atoms with Crippen molar-refractivity contribution >= 4 is 15.9 Å². The second-order valence-electron chi connectivity index (χ2n) is 3.71. The minimum absolute atomic E-state index is 0.00921. The molecule has 0 saturated heterocycles. The highest BCUT2D eigenvalue weighted by Crippen LogP contribution is 2.29. The van der Waals surface area contributed by atoms with Crippen LogP contribution in [-0.2, 0) is 6.61 Å². The second kappa shape index (κ2) is 6.13. The Morgan fingerprint density at radius 2 is 2.20 bits per heavy atom. The molecule has 1 unspecified atom stereocenters. The van der Waals surface area contributed by atoms with E-state index in [4.69, 9.17) is 9.84 Å². The van der Waals surface area contributed by atoms with E-state index in [-0.39, 0.29) is 6.61 Å². The molecule has 1 rings (SSSR count). The first-order valence-electron chi connectivity index (χ1n) is 5.20. The van der Waals surface area contributed by atoms with E-state index in [0.29, 0.717) is 12.5 Å². The molecule has 15 heavy (non-hydrogen) atoms. The van der Waals surface area contributed by atoms with Crippen LogP contribution in [0.2, 0.25) is 0 Å². The van der Waals surface area contributed by atoms with E-state index in [9.17, 15) is 0 Å². The molecular formula is C12H17BrO2. The van der Waals surface area contributed by atoms with Crippen molar-refractivity contribution in [1.29, 1.82) is 0 Å². The Bertz CT molecular complexity index is 312. The Kier molecular flexibility index (Phi) is 5.12. The summed E-state index contributed by atoms with van der Waals surface area (Å²) in [5.74, 6) is 1.30. The molecular weight excluding hydrogens is 256 g/mol. The smallest absolute Gasteiger partial charge is 0.138 e. The van der Waals surface area contributed by atoms with E-state index in [2.05, 4.69) is 29.8 Å². The number of hydrogen-bond donors (Lipinski definition) is 1. The van der Waals surface area contributed by atoms with Crippen LogP contribution >= 0.6 is 15.9 Å². The lowest BCUT2D eigenvalue weighted by molar-refractivity contribution is 0.236. The quantitative estimate of drug-likeness (QED) is 0.891. The highest BCUT2D eigenvalue weighted by Gasteiger charge is 2.08. The Hall–Kier alpha value is -0.540. The normalized spacial score (nSPS) is 12.5. The van der Waals surface area contributed by atoms with Gasteiger partial charge in [0, 0.05) is 5.56 Å². The number of ether oxygens (including phenoxy) is 1. The maximum absolute atomic E-state index is 9.16. The number of aliphatic hydroxyl groups excluding tert-OH is 1. The number of para-hydroxylation sites is 1. The summed E-state index contributed by atoms with van der Waals surface area (Å²) < 4.78 is 6.60. The van der Waals surface area contributed by atoms with Gasteiger partial charge in [-0.1, -0.05) is 32.4 Å². The summed E-state index contributed by atoms with van der Waals surface area (Å²) in [5.41, 5.74) is 0.827. The van der Waals surface area contributed by atoms with Gasteiger partial charge in [-0.05, 0) is 27.9 Å². The summed E-state index contributed by atoms with van der Waals surface area (Å²) in [5, 5.41) is 9.16. The topological polar surface area (TPSA) is 29.5 Å². The summed E-state index contributed by atoms with van der Waals surface area (Å²) in [6.07, 6.45) is 1.10. The van der Waals surface area contributed by atoms with Crippen molar-refractivity contribution in [1.82, 2.24) is 0 Å². The van der Waals surface area contributed by atoms with Gasteiger partial charge in [0.1, 0.15) is 5.75 Å². The molecule has 0 aliphatic carbocycles. The van der Waals surface area contributed by atoms with Crippen LogP contribution in [0.5, 0.6) is 5.75 Å². The number of aliphatic hydroxyl groups is 1. The second-order valence-corrected chi connectivity index (χ2v) is 4.56. The summed E-state index contributed by atoms with van der Waals surface area (Å²) >= 11 is 3.42. The largest absolute Gasteiger partial charge is 0.492 e. The first kappa shape index (κ1) is 12.5. The van der Waals surface area contributed by atoms with Gasteiger partial charge in [0.05, 0.1) is 17.7 Å². The van der Waals surface area contributed by atoms with Gasteiger partial charge in [0.2, 0.25) is 0 Å². The third-order valence-corrected chi connectivity index (χ3v) is 3.05. The van der Waals surface area contributed by atoms with Gasteiger partial charge in [-0.3, -0.25) is 0 Å². The summed E-state index contributed by atoms with van der Waals surface area (Å²) in [6.45, 7) is 4.98. The van der Waals surface area contributed by atoms with Gasteiger partial charge in [-0.25, -0.2) is 0 Å². The highest BCUT2D eigenvalue weighted by molar-refractivity contribution is 9.10. The SMILES string of the molecule is CCC(C)COc1c(Br)cccc1CO. The van der Waals surface area contributed by atoms with E-state index in [0.717, 1.165) is 22.2 Å². The summed E-state index contributed by atoms with van der Waals surface area (Å²) in [7, 11) is 0. The van der Waals surface area contributed by atoms with Crippen molar-refractivity contribution in [3.63, 3.8) is 0 Å². The lowest BCUT2D eigenvalue weighted by Crippen LogP contribution is -2.09. The lowest BCUT2D eigenvalue weighted by atomic mass is 10.1. The fraction of sp³-hybridized carbons (Fsp3) is 0.500. The van der Waals surface area contributed by atoms with E-state index < -0.39 is 0 Å². The standard InChI is InChI=1S/C12H17BrO2/c1-3-9(2)8-15-12-10(7-14)5-4-6-11(12)13/h4-6,9,14H,3,7-8H2,1-2H3. The Labute approximate surface area is 99.4 Å². The average molecular weight is 273 g/mol. The minimum Gasteiger partial charge on any atom is -0.492 e. The van der Waals surface area contributed by atoms with Crippen molar-refractivity contribution in [3.8, 4) is 5.75 Å². The molecule has 0 radical (unpaired) electrons. The number of hydrogen-bond acceptors (Lipinski definition) is 2. The van der Waals surface area contributed by atoms with Gasteiger partial charge < -0.3 is 9.84 Å². The predicted octanol–water partition coefficient (Wildman–Crippen LogP) is 3.37. The Morgan fingerprint density at radius 1 is 1.47 bits per heavy atom. The van der Waals surface area contributed by atoms with E-state index in [1.165, 1.54) is 0 Å². The van der Waals surface area contributed by atoms with E-state index in [1.54, 1.807) is 0 Å². The van der Waals surface area contributed by atoms with Crippen LogP contribution in [0.25, 0.3) is 0 Å². The molecule has 0 bridgehead atoms. The molecule has 0 fully saturated rings. The van der Waals surface area contributed by atoms with Crippen molar-refractivity contribution in [2.45, 2.75) is 26.9 Å². The first-order valence-corrected chi connectivity index (χ1v) is 5.99. The van der Waals surface area contributed by atoms with Gasteiger partial charge >= 0.3 is 0 Å². The zero-order valence-electron chi connectivity index (χ0n) is 9.16. The monoisotopic (exact) mass is 272 g/mol. The predicted molar refractivity (Wildman–Crippen MR) is 65.0 cm³/mol. The van der Waals surface area contributed by atoms with Crippen LogP contribution in [0, 0.1) is 5.92 Å². The molecule has 2 nitrogen and oxygen atoms in total. The number of rotatable bonds is 5. The fourth-order valence-electron chi connectivity index (χ4n) is 1.18. The zero-order valence-corrected chi connectivity index (χ0v) is 10.8. The zero-order chi connectivity index (χ0) is 11.3. The maximum atomic E-state index is 9.16. The lowest BCUT2D eigenvalue weighted by Gasteiger charge is -2.14. The Morgan fingerprint density at radius 3 is 2.80 bits per heavy atom. The van der Waals surface area contributed by atoms with Crippen LogP contribution in [-0.4, -0.2) is 11.7 Å². The molecule has 0 saturated carbocycles. The molecule has 0 amide bonds. The average Bonchev–Trinajstić information content (AvgIpc) is 2.26. The number of halogens is 1. The Balaban J connectivity index is 2.74. The van der Waals surface area contributed by atoms with Gasteiger partial charge in [0.25, 0.3) is 0 Å². The summed E-state index contributed by atoms with van der Waals surface area (Å²) in [4.78, 5) is 0. The third kappa shape index (κ3) is 3.50. The maximum Gasteiger partial charge on any atom is 0.138 e. The molecule has 1 aromatic carbocycles.